The molecule has 4 heteroatoms. The summed E-state index contributed by atoms with van der Waals surface area (Å²) in [5.41, 5.74) is 0.906. The van der Waals surface area contributed by atoms with Crippen molar-refractivity contribution in [2.75, 3.05) is 0 Å². The van der Waals surface area contributed by atoms with Gasteiger partial charge in [-0.3, -0.25) is 0 Å². The molecule has 1 aromatic heterocycles. The van der Waals surface area contributed by atoms with E-state index in [1.54, 1.807) is 0 Å². The molecule has 0 amide bonds. The number of hydrogen-bond acceptors (Lipinski definition) is 2. The molecular formula is C9H6BrClN2. The Morgan fingerprint density at radius 2 is 2.08 bits per heavy atom. The molecule has 0 radical (unpaired) electrons. The van der Waals surface area contributed by atoms with Gasteiger partial charge in [0.25, 0.3) is 0 Å². The lowest BCUT2D eigenvalue weighted by atomic mass is 10.2. The highest BCUT2D eigenvalue weighted by molar-refractivity contribution is 9.10. The van der Waals surface area contributed by atoms with Gasteiger partial charge >= 0.3 is 0 Å². The van der Waals surface area contributed by atoms with E-state index in [-0.39, 0.29) is 0 Å². The second-order valence-electron chi connectivity index (χ2n) is 2.72. The molecule has 0 saturated heterocycles. The van der Waals surface area contributed by atoms with Gasteiger partial charge in [0.05, 0.1) is 5.52 Å². The lowest BCUT2D eigenvalue weighted by molar-refractivity contribution is 1.07. The first kappa shape index (κ1) is 8.91. The van der Waals surface area contributed by atoms with Crippen molar-refractivity contribution in [2.45, 2.75) is 6.92 Å². The van der Waals surface area contributed by atoms with Crippen LogP contribution in [0.15, 0.2) is 22.8 Å². The van der Waals surface area contributed by atoms with Gasteiger partial charge < -0.3 is 0 Å². The summed E-state index contributed by atoms with van der Waals surface area (Å²) >= 11 is 9.23. The SMILES string of the molecule is Cc1nc(Br)c2cc(Cl)ccc2n1. The third-order valence-electron chi connectivity index (χ3n) is 1.72. The molecule has 0 unspecified atom stereocenters. The van der Waals surface area contributed by atoms with E-state index in [2.05, 4.69) is 25.9 Å². The van der Waals surface area contributed by atoms with E-state index in [1.165, 1.54) is 0 Å². The number of fused-ring (bicyclic) bond motifs is 1. The number of aromatic nitrogens is 2. The molecule has 2 nitrogen and oxygen atoms in total. The molecule has 2 rings (SSSR count). The van der Waals surface area contributed by atoms with Crippen molar-refractivity contribution in [3.8, 4) is 0 Å². The Morgan fingerprint density at radius 3 is 2.85 bits per heavy atom. The Bertz CT molecular complexity index is 470. The molecule has 0 aliphatic rings. The predicted molar refractivity (Wildman–Crippen MR) is 57.0 cm³/mol. The minimum absolute atomic E-state index is 0.695. The lowest BCUT2D eigenvalue weighted by Crippen LogP contribution is -1.89. The van der Waals surface area contributed by atoms with Gasteiger partial charge in [-0.15, -0.1) is 0 Å². The molecule has 0 bridgehead atoms. The summed E-state index contributed by atoms with van der Waals surface area (Å²) in [6, 6.07) is 5.56. The van der Waals surface area contributed by atoms with Crippen molar-refractivity contribution >= 4 is 38.4 Å². The van der Waals surface area contributed by atoms with Crippen molar-refractivity contribution in [1.29, 1.82) is 0 Å². The first-order valence-corrected chi connectivity index (χ1v) is 4.93. The zero-order valence-corrected chi connectivity index (χ0v) is 9.22. The van der Waals surface area contributed by atoms with Crippen molar-refractivity contribution in [3.63, 3.8) is 0 Å². The lowest BCUT2D eigenvalue weighted by Gasteiger charge is -2.01. The Kier molecular flexibility index (Phi) is 2.22. The molecule has 13 heavy (non-hydrogen) atoms. The molecule has 0 saturated carbocycles. The van der Waals surface area contributed by atoms with Gasteiger partial charge in [-0.2, -0.15) is 0 Å². The van der Waals surface area contributed by atoms with Crippen LogP contribution in [0.4, 0.5) is 0 Å². The minimum Gasteiger partial charge on any atom is -0.233 e. The summed E-state index contributed by atoms with van der Waals surface area (Å²) in [6.45, 7) is 1.86. The summed E-state index contributed by atoms with van der Waals surface area (Å²) in [5, 5.41) is 1.64. The molecule has 1 aromatic carbocycles. The van der Waals surface area contributed by atoms with Crippen LogP contribution in [-0.2, 0) is 0 Å². The number of benzene rings is 1. The maximum absolute atomic E-state index is 5.85. The highest BCUT2D eigenvalue weighted by atomic mass is 79.9. The van der Waals surface area contributed by atoms with Crippen molar-refractivity contribution < 1.29 is 0 Å². The van der Waals surface area contributed by atoms with E-state index < -0.39 is 0 Å². The Hall–Kier alpha value is -0.670. The Morgan fingerprint density at radius 1 is 1.31 bits per heavy atom. The number of aryl methyl sites for hydroxylation is 1. The van der Waals surface area contributed by atoms with E-state index in [0.29, 0.717) is 5.02 Å². The van der Waals surface area contributed by atoms with Crippen LogP contribution in [0.25, 0.3) is 10.9 Å². The quantitative estimate of drug-likeness (QED) is 0.676. The highest BCUT2D eigenvalue weighted by Gasteiger charge is 2.02. The number of halogens is 2. The zero-order valence-electron chi connectivity index (χ0n) is 6.88. The van der Waals surface area contributed by atoms with Gasteiger partial charge in [-0.05, 0) is 41.1 Å². The molecule has 0 aliphatic heterocycles. The van der Waals surface area contributed by atoms with Crippen molar-refractivity contribution in [3.05, 3.63) is 33.6 Å². The first-order chi connectivity index (χ1) is 6.16. The fourth-order valence-electron chi connectivity index (χ4n) is 1.17. The van der Waals surface area contributed by atoms with Crippen LogP contribution in [-0.4, -0.2) is 9.97 Å². The van der Waals surface area contributed by atoms with Crippen LogP contribution >= 0.6 is 27.5 Å². The van der Waals surface area contributed by atoms with E-state index in [1.807, 2.05) is 25.1 Å². The smallest absolute Gasteiger partial charge is 0.127 e. The average Bonchev–Trinajstić information content (AvgIpc) is 2.06. The maximum atomic E-state index is 5.85. The van der Waals surface area contributed by atoms with Gasteiger partial charge in [0, 0.05) is 10.4 Å². The molecular weight excluding hydrogens is 251 g/mol. The standard InChI is InChI=1S/C9H6BrClN2/c1-5-12-8-3-2-6(11)4-7(8)9(10)13-5/h2-4H,1H3. The molecule has 0 fully saturated rings. The predicted octanol–water partition coefficient (Wildman–Crippen LogP) is 3.35. The topological polar surface area (TPSA) is 25.8 Å². The van der Waals surface area contributed by atoms with Crippen molar-refractivity contribution in [1.82, 2.24) is 9.97 Å². The fraction of sp³-hybridized carbons (Fsp3) is 0.111. The van der Waals surface area contributed by atoms with Crippen LogP contribution in [0, 0.1) is 6.92 Å². The Balaban J connectivity index is 2.87. The van der Waals surface area contributed by atoms with Gasteiger partial charge in [0.15, 0.2) is 0 Å². The van der Waals surface area contributed by atoms with E-state index >= 15 is 0 Å². The second-order valence-corrected chi connectivity index (χ2v) is 3.91. The third-order valence-corrected chi connectivity index (χ3v) is 2.56. The van der Waals surface area contributed by atoms with Gasteiger partial charge in [0.2, 0.25) is 0 Å². The highest BCUT2D eigenvalue weighted by Crippen LogP contribution is 2.23. The molecule has 1 heterocycles. The normalized spacial score (nSPS) is 10.7. The van der Waals surface area contributed by atoms with Crippen LogP contribution in [0.3, 0.4) is 0 Å². The molecule has 0 N–H and O–H groups in total. The molecule has 66 valence electrons. The average molecular weight is 258 g/mol. The number of nitrogens with zero attached hydrogens (tertiary/aromatic N) is 2. The van der Waals surface area contributed by atoms with E-state index in [0.717, 1.165) is 21.3 Å². The summed E-state index contributed by atoms with van der Waals surface area (Å²) < 4.78 is 0.789. The van der Waals surface area contributed by atoms with Gasteiger partial charge in [-0.1, -0.05) is 11.6 Å². The summed E-state index contributed by atoms with van der Waals surface area (Å²) in [4.78, 5) is 8.47. The van der Waals surface area contributed by atoms with Gasteiger partial charge in [-0.25, -0.2) is 9.97 Å². The summed E-state index contributed by atoms with van der Waals surface area (Å²) in [6.07, 6.45) is 0. The third kappa shape index (κ3) is 1.67. The number of rotatable bonds is 0. The Labute approximate surface area is 89.1 Å². The molecule has 0 spiro atoms. The summed E-state index contributed by atoms with van der Waals surface area (Å²) in [7, 11) is 0. The van der Waals surface area contributed by atoms with Crippen molar-refractivity contribution in [2.24, 2.45) is 0 Å². The van der Waals surface area contributed by atoms with Crippen LogP contribution in [0.1, 0.15) is 5.82 Å². The molecule has 0 aliphatic carbocycles. The number of hydrogen-bond donors (Lipinski definition) is 0. The van der Waals surface area contributed by atoms with Crippen LogP contribution < -0.4 is 0 Å². The summed E-state index contributed by atoms with van der Waals surface area (Å²) in [5.74, 6) is 0.752. The second kappa shape index (κ2) is 3.24. The minimum atomic E-state index is 0.695. The maximum Gasteiger partial charge on any atom is 0.127 e. The first-order valence-electron chi connectivity index (χ1n) is 3.76. The van der Waals surface area contributed by atoms with E-state index in [4.69, 9.17) is 11.6 Å². The van der Waals surface area contributed by atoms with E-state index in [9.17, 15) is 0 Å². The van der Waals surface area contributed by atoms with Crippen LogP contribution in [0.5, 0.6) is 0 Å². The van der Waals surface area contributed by atoms with Gasteiger partial charge in [0.1, 0.15) is 10.4 Å². The fourth-order valence-corrected chi connectivity index (χ4v) is 1.92. The monoisotopic (exact) mass is 256 g/mol. The molecule has 0 atom stereocenters. The largest absolute Gasteiger partial charge is 0.233 e. The molecule has 2 aromatic rings. The van der Waals surface area contributed by atoms with Crippen LogP contribution in [0.2, 0.25) is 5.02 Å². The zero-order chi connectivity index (χ0) is 9.42.